The summed E-state index contributed by atoms with van der Waals surface area (Å²) in [5.41, 5.74) is 2.43. The van der Waals surface area contributed by atoms with E-state index in [9.17, 15) is 13.2 Å². The Balaban J connectivity index is 1.82. The molecule has 20 heavy (non-hydrogen) atoms. The van der Waals surface area contributed by atoms with Gasteiger partial charge < -0.3 is 5.32 Å². The number of aryl methyl sites for hydroxylation is 1. The summed E-state index contributed by atoms with van der Waals surface area (Å²) in [5.74, 6) is 0. The lowest BCUT2D eigenvalue weighted by molar-refractivity contribution is -0.127. The summed E-state index contributed by atoms with van der Waals surface area (Å²) in [4.78, 5) is 2.22. The van der Waals surface area contributed by atoms with Crippen molar-refractivity contribution in [2.75, 3.05) is 19.6 Å². The molecule has 0 bridgehead atoms. The maximum absolute atomic E-state index is 12.2. The fourth-order valence-electron chi connectivity index (χ4n) is 2.58. The molecule has 1 heterocycles. The smallest absolute Gasteiger partial charge is 0.305 e. The normalized spacial score (nSPS) is 21.1. The molecule has 1 atom stereocenters. The van der Waals surface area contributed by atoms with Crippen molar-refractivity contribution >= 4 is 0 Å². The van der Waals surface area contributed by atoms with Crippen LogP contribution in [0.5, 0.6) is 0 Å². The highest BCUT2D eigenvalue weighted by Crippen LogP contribution is 2.17. The fraction of sp³-hybridized carbons (Fsp3) is 0.600. The second kappa shape index (κ2) is 6.59. The number of piperidine rings is 1. The van der Waals surface area contributed by atoms with Gasteiger partial charge in [-0.25, -0.2) is 0 Å². The quantitative estimate of drug-likeness (QED) is 0.915. The summed E-state index contributed by atoms with van der Waals surface area (Å²) in [7, 11) is 0. The summed E-state index contributed by atoms with van der Waals surface area (Å²) in [5, 5.41) is 2.62. The second-order valence-corrected chi connectivity index (χ2v) is 5.56. The van der Waals surface area contributed by atoms with Gasteiger partial charge in [0, 0.05) is 19.1 Å². The van der Waals surface area contributed by atoms with Gasteiger partial charge in [0.05, 0.1) is 6.54 Å². The Labute approximate surface area is 118 Å². The van der Waals surface area contributed by atoms with Crippen molar-refractivity contribution in [2.45, 2.75) is 38.5 Å². The molecule has 1 N–H and O–H groups in total. The minimum absolute atomic E-state index is 0.0594. The lowest BCUT2D eigenvalue weighted by atomic mass is 10.0. The van der Waals surface area contributed by atoms with Gasteiger partial charge in [0.1, 0.15) is 0 Å². The van der Waals surface area contributed by atoms with Crippen LogP contribution in [0.15, 0.2) is 24.3 Å². The van der Waals surface area contributed by atoms with Gasteiger partial charge in [-0.15, -0.1) is 0 Å². The van der Waals surface area contributed by atoms with E-state index in [4.69, 9.17) is 0 Å². The van der Waals surface area contributed by atoms with Crippen molar-refractivity contribution in [3.05, 3.63) is 35.4 Å². The molecule has 0 amide bonds. The molecular formula is C15H21F3N2. The van der Waals surface area contributed by atoms with Crippen LogP contribution in [0.3, 0.4) is 0 Å². The Morgan fingerprint density at radius 3 is 2.60 bits per heavy atom. The van der Waals surface area contributed by atoms with Crippen LogP contribution >= 0.6 is 0 Å². The van der Waals surface area contributed by atoms with Gasteiger partial charge in [-0.1, -0.05) is 29.8 Å². The number of hydrogen-bond donors (Lipinski definition) is 1. The highest BCUT2D eigenvalue weighted by molar-refractivity contribution is 5.21. The Hall–Kier alpha value is -1.07. The molecule has 1 aliphatic rings. The highest BCUT2D eigenvalue weighted by atomic mass is 19.4. The van der Waals surface area contributed by atoms with Gasteiger partial charge in [0.2, 0.25) is 0 Å². The van der Waals surface area contributed by atoms with E-state index in [1.165, 1.54) is 11.1 Å². The van der Waals surface area contributed by atoms with Gasteiger partial charge in [0.25, 0.3) is 0 Å². The predicted molar refractivity (Wildman–Crippen MR) is 73.5 cm³/mol. The van der Waals surface area contributed by atoms with E-state index in [-0.39, 0.29) is 6.04 Å². The molecule has 0 aliphatic carbocycles. The van der Waals surface area contributed by atoms with Crippen molar-refractivity contribution in [3.8, 4) is 0 Å². The van der Waals surface area contributed by atoms with Crippen LogP contribution in [0.2, 0.25) is 0 Å². The van der Waals surface area contributed by atoms with Crippen molar-refractivity contribution < 1.29 is 13.2 Å². The largest absolute Gasteiger partial charge is 0.401 e. The third-order valence-corrected chi connectivity index (χ3v) is 3.62. The van der Waals surface area contributed by atoms with Crippen LogP contribution in [-0.4, -0.2) is 36.8 Å². The van der Waals surface area contributed by atoms with E-state index in [0.29, 0.717) is 6.54 Å². The summed E-state index contributed by atoms with van der Waals surface area (Å²) in [6.45, 7) is 3.60. The lowest BCUT2D eigenvalue weighted by Gasteiger charge is -2.33. The minimum atomic E-state index is -4.13. The molecule has 2 rings (SSSR count). The first-order valence-electron chi connectivity index (χ1n) is 7.00. The van der Waals surface area contributed by atoms with Crippen LogP contribution < -0.4 is 5.32 Å². The van der Waals surface area contributed by atoms with Crippen molar-refractivity contribution in [1.29, 1.82) is 0 Å². The molecule has 1 aliphatic heterocycles. The molecule has 1 saturated heterocycles. The molecule has 112 valence electrons. The van der Waals surface area contributed by atoms with Crippen LogP contribution in [0.25, 0.3) is 0 Å². The van der Waals surface area contributed by atoms with E-state index in [1.807, 2.05) is 6.92 Å². The van der Waals surface area contributed by atoms with Crippen molar-refractivity contribution in [1.82, 2.24) is 10.2 Å². The van der Waals surface area contributed by atoms with Gasteiger partial charge >= 0.3 is 6.18 Å². The predicted octanol–water partition coefficient (Wildman–Crippen LogP) is 3.11. The van der Waals surface area contributed by atoms with Gasteiger partial charge in [0.15, 0.2) is 0 Å². The summed E-state index contributed by atoms with van der Waals surface area (Å²) < 4.78 is 36.6. The maximum Gasteiger partial charge on any atom is 0.401 e. The van der Waals surface area contributed by atoms with E-state index in [2.05, 4.69) is 34.5 Å². The van der Waals surface area contributed by atoms with Gasteiger partial charge in [-0.05, 0) is 31.9 Å². The van der Waals surface area contributed by atoms with Crippen LogP contribution in [0.1, 0.15) is 24.0 Å². The summed E-state index contributed by atoms with van der Waals surface area (Å²) >= 11 is 0. The van der Waals surface area contributed by atoms with Crippen LogP contribution in [0, 0.1) is 6.92 Å². The maximum atomic E-state index is 12.2. The molecule has 0 saturated carbocycles. The molecule has 2 nitrogen and oxygen atoms in total. The van der Waals surface area contributed by atoms with E-state index >= 15 is 0 Å². The average Bonchev–Trinajstić information content (AvgIpc) is 2.39. The van der Waals surface area contributed by atoms with Crippen LogP contribution in [0.4, 0.5) is 13.2 Å². The molecule has 0 aromatic heterocycles. The van der Waals surface area contributed by atoms with Gasteiger partial charge in [-0.3, -0.25) is 4.90 Å². The highest BCUT2D eigenvalue weighted by Gasteiger charge is 2.29. The number of alkyl halides is 3. The first-order valence-corrected chi connectivity index (χ1v) is 7.00. The number of benzene rings is 1. The molecule has 1 aromatic rings. The van der Waals surface area contributed by atoms with E-state index < -0.39 is 12.7 Å². The topological polar surface area (TPSA) is 15.3 Å². The molecule has 0 radical (unpaired) electrons. The number of nitrogens with zero attached hydrogens (tertiary/aromatic N) is 1. The van der Waals surface area contributed by atoms with Crippen LogP contribution in [-0.2, 0) is 6.54 Å². The number of rotatable bonds is 4. The zero-order chi connectivity index (χ0) is 14.6. The van der Waals surface area contributed by atoms with Gasteiger partial charge in [-0.2, -0.15) is 13.2 Å². The molecule has 1 fully saturated rings. The monoisotopic (exact) mass is 286 g/mol. The summed E-state index contributed by atoms with van der Waals surface area (Å²) in [6, 6.07) is 8.25. The Morgan fingerprint density at radius 2 is 1.95 bits per heavy atom. The molecule has 5 heteroatoms. The lowest BCUT2D eigenvalue weighted by Crippen LogP contribution is -2.47. The third-order valence-electron chi connectivity index (χ3n) is 3.62. The first kappa shape index (κ1) is 15.3. The minimum Gasteiger partial charge on any atom is -0.305 e. The number of likely N-dealkylation sites (tertiary alicyclic amines) is 1. The number of halogens is 3. The fourth-order valence-corrected chi connectivity index (χ4v) is 2.58. The Bertz CT molecular complexity index is 414. The number of hydrogen-bond acceptors (Lipinski definition) is 2. The zero-order valence-corrected chi connectivity index (χ0v) is 11.7. The SMILES string of the molecule is Cc1ccc(CN2CCCC(NCC(F)(F)F)C2)cc1. The van der Waals surface area contributed by atoms with E-state index in [0.717, 1.165) is 25.9 Å². The second-order valence-electron chi connectivity index (χ2n) is 5.56. The summed E-state index contributed by atoms with van der Waals surface area (Å²) in [6.07, 6.45) is -2.36. The van der Waals surface area contributed by atoms with Crippen molar-refractivity contribution in [3.63, 3.8) is 0 Å². The average molecular weight is 286 g/mol. The van der Waals surface area contributed by atoms with Crippen molar-refractivity contribution in [2.24, 2.45) is 0 Å². The first-order chi connectivity index (χ1) is 9.42. The molecule has 1 aromatic carbocycles. The standard InChI is InChI=1S/C15H21F3N2/c1-12-4-6-13(7-5-12)9-20-8-2-3-14(10-20)19-11-15(16,17)18/h4-7,14,19H,2-3,8-11H2,1H3. The Morgan fingerprint density at radius 1 is 1.25 bits per heavy atom. The Kier molecular flexibility index (Phi) is 5.05. The molecule has 1 unspecified atom stereocenters. The zero-order valence-electron chi connectivity index (χ0n) is 11.7. The molecule has 0 spiro atoms. The number of nitrogens with one attached hydrogen (secondary N) is 1. The molecular weight excluding hydrogens is 265 g/mol. The van der Waals surface area contributed by atoms with E-state index in [1.54, 1.807) is 0 Å². The third kappa shape index (κ3) is 5.13.